The summed E-state index contributed by atoms with van der Waals surface area (Å²) in [5.41, 5.74) is 3.21. The third-order valence-corrected chi connectivity index (χ3v) is 5.06. The molecule has 4 heterocycles. The van der Waals surface area contributed by atoms with Gasteiger partial charge in [0.15, 0.2) is 11.4 Å². The first-order chi connectivity index (χ1) is 14.2. The van der Waals surface area contributed by atoms with Gasteiger partial charge in [0.2, 0.25) is 11.8 Å². The second-order valence-electron chi connectivity index (χ2n) is 7.28. The van der Waals surface area contributed by atoms with Gasteiger partial charge in [-0.15, -0.1) is 5.10 Å². The first-order valence-corrected chi connectivity index (χ1v) is 9.58. The molecule has 0 radical (unpaired) electrons. The summed E-state index contributed by atoms with van der Waals surface area (Å²) < 4.78 is 13.5. The van der Waals surface area contributed by atoms with Gasteiger partial charge in [-0.2, -0.15) is 0 Å². The molecule has 0 bridgehead atoms. The molecule has 1 N–H and O–H groups in total. The summed E-state index contributed by atoms with van der Waals surface area (Å²) in [6.45, 7) is 4.41. The molecule has 3 aromatic heterocycles. The van der Waals surface area contributed by atoms with E-state index in [2.05, 4.69) is 22.0 Å². The molecule has 1 aromatic carbocycles. The maximum absolute atomic E-state index is 11.3. The Balaban J connectivity index is 1.34. The molecule has 0 saturated carbocycles. The van der Waals surface area contributed by atoms with Crippen molar-refractivity contribution < 1.29 is 13.9 Å². The van der Waals surface area contributed by atoms with Gasteiger partial charge >= 0.3 is 0 Å². The van der Waals surface area contributed by atoms with Gasteiger partial charge in [-0.1, -0.05) is 24.8 Å². The number of rotatable bonds is 6. The zero-order valence-corrected chi connectivity index (χ0v) is 15.8. The molecule has 146 valence electrons. The number of carbonyl (C=O) groups is 1. The van der Waals surface area contributed by atoms with E-state index in [0.29, 0.717) is 36.7 Å². The smallest absolute Gasteiger partial charge is 0.232 e. The molecule has 1 aliphatic rings. The zero-order chi connectivity index (χ0) is 19.8. The quantitative estimate of drug-likeness (QED) is 0.509. The molecule has 0 spiro atoms. The molecule has 5 rings (SSSR count). The lowest BCUT2D eigenvalue weighted by Crippen LogP contribution is -2.26. The molecule has 4 aromatic rings. The van der Waals surface area contributed by atoms with Crippen LogP contribution in [0.25, 0.3) is 28.1 Å². The fraction of sp³-hybridized carbons (Fsp3) is 0.227. The fourth-order valence-electron chi connectivity index (χ4n) is 3.62. The third kappa shape index (κ3) is 3.47. The molecule has 1 amide bonds. The van der Waals surface area contributed by atoms with Gasteiger partial charge in [0.05, 0.1) is 6.20 Å². The highest BCUT2D eigenvalue weighted by Crippen LogP contribution is 2.28. The SMILES string of the molecule is C=C(COc1ccc2ncc(-c3cc4ccccc4o3)n2n1)CC1CCC(=O)N1. The topological polar surface area (TPSA) is 81.7 Å². The van der Waals surface area contributed by atoms with Gasteiger partial charge < -0.3 is 14.5 Å². The number of benzene rings is 1. The average Bonchev–Trinajstić information content (AvgIpc) is 3.43. The van der Waals surface area contributed by atoms with Gasteiger partial charge in [-0.25, -0.2) is 9.50 Å². The van der Waals surface area contributed by atoms with E-state index in [-0.39, 0.29) is 11.9 Å². The van der Waals surface area contributed by atoms with E-state index >= 15 is 0 Å². The predicted octanol–water partition coefficient (Wildman–Crippen LogP) is 3.75. The van der Waals surface area contributed by atoms with Crippen LogP contribution >= 0.6 is 0 Å². The van der Waals surface area contributed by atoms with Crippen molar-refractivity contribution in [3.8, 4) is 17.3 Å². The number of ether oxygens (including phenoxy) is 1. The Bertz CT molecular complexity index is 1190. The maximum Gasteiger partial charge on any atom is 0.232 e. The summed E-state index contributed by atoms with van der Waals surface area (Å²) >= 11 is 0. The average molecular weight is 388 g/mol. The van der Waals surface area contributed by atoms with Crippen LogP contribution in [0, 0.1) is 0 Å². The predicted molar refractivity (Wildman–Crippen MR) is 109 cm³/mol. The summed E-state index contributed by atoms with van der Waals surface area (Å²) in [5, 5.41) is 8.53. The minimum Gasteiger partial charge on any atom is -0.472 e. The Hall–Kier alpha value is -3.61. The first kappa shape index (κ1) is 17.5. The van der Waals surface area contributed by atoms with Crippen molar-refractivity contribution >= 4 is 22.5 Å². The number of hydrogen-bond donors (Lipinski definition) is 1. The summed E-state index contributed by atoms with van der Waals surface area (Å²) in [6.07, 6.45) is 3.88. The normalized spacial score (nSPS) is 16.4. The molecule has 1 aliphatic heterocycles. The van der Waals surface area contributed by atoms with E-state index in [0.717, 1.165) is 28.7 Å². The lowest BCUT2D eigenvalue weighted by atomic mass is 10.1. The van der Waals surface area contributed by atoms with Gasteiger partial charge in [-0.3, -0.25) is 4.79 Å². The van der Waals surface area contributed by atoms with Gasteiger partial charge in [0.1, 0.15) is 17.9 Å². The van der Waals surface area contributed by atoms with Crippen molar-refractivity contribution in [3.63, 3.8) is 0 Å². The highest BCUT2D eigenvalue weighted by atomic mass is 16.5. The van der Waals surface area contributed by atoms with E-state index < -0.39 is 0 Å². The van der Waals surface area contributed by atoms with E-state index in [9.17, 15) is 4.79 Å². The molecule has 7 heteroatoms. The van der Waals surface area contributed by atoms with E-state index in [4.69, 9.17) is 9.15 Å². The third-order valence-electron chi connectivity index (χ3n) is 5.06. The number of aromatic nitrogens is 3. The second-order valence-corrected chi connectivity index (χ2v) is 7.28. The molecule has 29 heavy (non-hydrogen) atoms. The molecular weight excluding hydrogens is 368 g/mol. The number of furan rings is 1. The highest BCUT2D eigenvalue weighted by molar-refractivity contribution is 5.82. The molecule has 1 fully saturated rings. The van der Waals surface area contributed by atoms with Crippen molar-refractivity contribution in [1.82, 2.24) is 19.9 Å². The van der Waals surface area contributed by atoms with Crippen LogP contribution in [0.4, 0.5) is 0 Å². The van der Waals surface area contributed by atoms with Crippen LogP contribution in [-0.2, 0) is 4.79 Å². The Labute approximate surface area is 167 Å². The lowest BCUT2D eigenvalue weighted by Gasteiger charge is -2.13. The molecule has 7 nitrogen and oxygen atoms in total. The van der Waals surface area contributed by atoms with Gasteiger partial charge in [0, 0.05) is 23.9 Å². The number of carbonyl (C=O) groups excluding carboxylic acids is 1. The molecule has 1 atom stereocenters. The van der Waals surface area contributed by atoms with Crippen molar-refractivity contribution in [3.05, 3.63) is 60.8 Å². The fourth-order valence-corrected chi connectivity index (χ4v) is 3.62. The Morgan fingerprint density at radius 1 is 1.31 bits per heavy atom. The van der Waals surface area contributed by atoms with Gasteiger partial charge in [0.25, 0.3) is 0 Å². The molecule has 1 unspecified atom stereocenters. The minimum atomic E-state index is 0.106. The first-order valence-electron chi connectivity index (χ1n) is 9.58. The number of nitrogens with one attached hydrogen (secondary N) is 1. The summed E-state index contributed by atoms with van der Waals surface area (Å²) in [4.78, 5) is 15.7. The van der Waals surface area contributed by atoms with Crippen LogP contribution in [0.3, 0.4) is 0 Å². The largest absolute Gasteiger partial charge is 0.472 e. The van der Waals surface area contributed by atoms with E-state index in [1.54, 1.807) is 16.8 Å². The summed E-state index contributed by atoms with van der Waals surface area (Å²) in [7, 11) is 0. The number of para-hydroxylation sites is 1. The van der Waals surface area contributed by atoms with Crippen LogP contribution in [0.1, 0.15) is 19.3 Å². The van der Waals surface area contributed by atoms with Crippen molar-refractivity contribution in [2.75, 3.05) is 6.61 Å². The summed E-state index contributed by atoms with van der Waals surface area (Å²) in [6, 6.07) is 13.6. The van der Waals surface area contributed by atoms with Crippen LogP contribution < -0.4 is 10.1 Å². The Morgan fingerprint density at radius 3 is 3.03 bits per heavy atom. The van der Waals surface area contributed by atoms with Crippen molar-refractivity contribution in [2.24, 2.45) is 0 Å². The Kier molecular flexibility index (Phi) is 4.27. The Morgan fingerprint density at radius 2 is 2.21 bits per heavy atom. The van der Waals surface area contributed by atoms with Gasteiger partial charge in [-0.05, 0) is 36.6 Å². The monoisotopic (exact) mass is 388 g/mol. The molecule has 0 aliphatic carbocycles. The highest BCUT2D eigenvalue weighted by Gasteiger charge is 2.21. The van der Waals surface area contributed by atoms with Crippen molar-refractivity contribution in [2.45, 2.75) is 25.3 Å². The van der Waals surface area contributed by atoms with E-state index in [1.165, 1.54) is 0 Å². The van der Waals surface area contributed by atoms with Crippen LogP contribution in [0.15, 0.2) is 65.2 Å². The number of hydrogen-bond acceptors (Lipinski definition) is 5. The minimum absolute atomic E-state index is 0.106. The lowest BCUT2D eigenvalue weighted by molar-refractivity contribution is -0.119. The van der Waals surface area contributed by atoms with E-state index in [1.807, 2.05) is 36.4 Å². The molecule has 1 saturated heterocycles. The summed E-state index contributed by atoms with van der Waals surface area (Å²) in [5.74, 6) is 1.28. The molecular formula is C22H20N4O3. The number of imidazole rings is 1. The second kappa shape index (κ2) is 7.09. The maximum atomic E-state index is 11.3. The van der Waals surface area contributed by atoms with Crippen LogP contribution in [0.2, 0.25) is 0 Å². The number of fused-ring (bicyclic) bond motifs is 2. The van der Waals surface area contributed by atoms with Crippen LogP contribution in [0.5, 0.6) is 5.88 Å². The van der Waals surface area contributed by atoms with Crippen LogP contribution in [-0.4, -0.2) is 33.2 Å². The number of amides is 1. The zero-order valence-electron chi connectivity index (χ0n) is 15.8. The number of nitrogens with zero attached hydrogens (tertiary/aromatic N) is 3. The standard InChI is InChI=1S/C22H20N4O3/c1-14(10-16-6-8-21(27)24-16)13-28-22-9-7-20-23-12-17(26(20)25-22)19-11-15-4-2-3-5-18(15)29-19/h2-5,7,9,11-12,16H,1,6,8,10,13H2,(H,24,27). The van der Waals surface area contributed by atoms with Crippen molar-refractivity contribution in [1.29, 1.82) is 0 Å².